The number of nitrogens with one attached hydrogen (secondary N) is 1. The maximum atomic E-state index is 11.8. The summed E-state index contributed by atoms with van der Waals surface area (Å²) in [6, 6.07) is 18.2. The number of anilines is 1. The quantitative estimate of drug-likeness (QED) is 0.286. The molecule has 0 fully saturated rings. The summed E-state index contributed by atoms with van der Waals surface area (Å²) in [6.07, 6.45) is -2.06. The van der Waals surface area contributed by atoms with E-state index in [1.165, 1.54) is 7.11 Å². The van der Waals surface area contributed by atoms with Gasteiger partial charge in [-0.3, -0.25) is 5.32 Å². The Hall–Kier alpha value is -4.64. The van der Waals surface area contributed by atoms with Gasteiger partial charge in [0.05, 0.1) is 43.6 Å². The molecule has 36 heavy (non-hydrogen) atoms. The van der Waals surface area contributed by atoms with Crippen molar-refractivity contribution in [2.24, 2.45) is 0 Å². The molecular formula is C25H20N4O6S. The van der Waals surface area contributed by atoms with Gasteiger partial charge in [-0.1, -0.05) is 18.2 Å². The fourth-order valence-corrected chi connectivity index (χ4v) is 4.59. The van der Waals surface area contributed by atoms with Crippen molar-refractivity contribution in [1.29, 1.82) is 0 Å². The topological polar surface area (TPSA) is 125 Å². The fraction of sp³-hybridized carbons (Fsp3) is 0.120. The molecule has 0 saturated heterocycles. The van der Waals surface area contributed by atoms with Crippen LogP contribution in [0.2, 0.25) is 0 Å². The molecule has 0 aliphatic carbocycles. The monoisotopic (exact) mass is 504 g/mol. The number of benzene rings is 3. The molecule has 0 aliphatic heterocycles. The Morgan fingerprint density at radius 2 is 1.78 bits per heavy atom. The first-order chi connectivity index (χ1) is 17.5. The highest BCUT2D eigenvalue weighted by molar-refractivity contribution is 7.00. The van der Waals surface area contributed by atoms with E-state index in [2.05, 4.69) is 14.1 Å². The summed E-state index contributed by atoms with van der Waals surface area (Å²) in [5.41, 5.74) is 4.91. The number of hydrogen-bond acceptors (Lipinski definition) is 8. The molecule has 182 valence electrons. The van der Waals surface area contributed by atoms with Crippen LogP contribution in [-0.2, 0) is 11.3 Å². The number of methoxy groups -OCH3 is 2. The lowest BCUT2D eigenvalue weighted by atomic mass is 10.0. The van der Waals surface area contributed by atoms with Gasteiger partial charge < -0.3 is 23.9 Å². The maximum absolute atomic E-state index is 11.8. The van der Waals surface area contributed by atoms with Crippen LogP contribution in [0, 0.1) is 0 Å². The Labute approximate surface area is 209 Å². The third kappa shape index (κ3) is 4.39. The van der Waals surface area contributed by atoms with Gasteiger partial charge in [-0.05, 0) is 53.6 Å². The van der Waals surface area contributed by atoms with E-state index in [1.807, 2.05) is 30.3 Å². The SMILES string of the molecule is COC(=O)Nc1ccc2c(c1)c(-c1ccc(OC)cc1)c(OC(=O)O)n2Cc1ccc2nsnc2c1. The molecule has 2 heterocycles. The van der Waals surface area contributed by atoms with E-state index < -0.39 is 12.2 Å². The average molecular weight is 505 g/mol. The van der Waals surface area contributed by atoms with Crippen LogP contribution in [0.15, 0.2) is 60.7 Å². The van der Waals surface area contributed by atoms with Gasteiger partial charge in [0.15, 0.2) is 0 Å². The van der Waals surface area contributed by atoms with E-state index in [0.717, 1.165) is 28.3 Å². The van der Waals surface area contributed by atoms with Gasteiger partial charge in [0.2, 0.25) is 5.88 Å². The predicted molar refractivity (Wildman–Crippen MR) is 135 cm³/mol. The second-order valence-corrected chi connectivity index (χ2v) is 8.33. The van der Waals surface area contributed by atoms with E-state index in [0.29, 0.717) is 40.0 Å². The van der Waals surface area contributed by atoms with Crippen molar-refractivity contribution in [3.8, 4) is 22.8 Å². The zero-order valence-electron chi connectivity index (χ0n) is 19.2. The summed E-state index contributed by atoms with van der Waals surface area (Å²) in [7, 11) is 2.85. The molecule has 0 radical (unpaired) electrons. The Balaban J connectivity index is 1.73. The van der Waals surface area contributed by atoms with Crippen LogP contribution in [0.3, 0.4) is 0 Å². The third-order valence-electron chi connectivity index (χ3n) is 5.67. The molecule has 0 spiro atoms. The highest BCUT2D eigenvalue weighted by Gasteiger charge is 2.23. The maximum Gasteiger partial charge on any atom is 0.512 e. The first-order valence-electron chi connectivity index (χ1n) is 10.7. The number of aromatic nitrogens is 3. The number of amides is 1. The van der Waals surface area contributed by atoms with Gasteiger partial charge in [-0.2, -0.15) is 8.75 Å². The van der Waals surface area contributed by atoms with Crippen molar-refractivity contribution in [1.82, 2.24) is 13.3 Å². The molecule has 2 aromatic heterocycles. The standard InChI is InChI=1S/C25H20N4O6S/c1-33-17-7-4-15(5-8-17)22-18-12-16(26-24(30)34-2)6-10-21(18)29(23(22)35-25(31)32)13-14-3-9-19-20(11-14)28-36-27-19/h3-12H,13H2,1-2H3,(H,26,30)(H,31,32). The van der Waals surface area contributed by atoms with Gasteiger partial charge in [0, 0.05) is 11.1 Å². The van der Waals surface area contributed by atoms with E-state index in [-0.39, 0.29) is 5.88 Å². The van der Waals surface area contributed by atoms with Crippen LogP contribution in [0.4, 0.5) is 15.3 Å². The van der Waals surface area contributed by atoms with Crippen LogP contribution in [0.1, 0.15) is 5.56 Å². The highest BCUT2D eigenvalue weighted by atomic mass is 32.1. The molecule has 2 N–H and O–H groups in total. The molecule has 0 aliphatic rings. The predicted octanol–water partition coefficient (Wildman–Crippen LogP) is 5.61. The number of fused-ring (bicyclic) bond motifs is 2. The van der Waals surface area contributed by atoms with E-state index >= 15 is 0 Å². The number of rotatable bonds is 6. The molecule has 0 unspecified atom stereocenters. The summed E-state index contributed by atoms with van der Waals surface area (Å²) < 4.78 is 25.7. The number of carboxylic acid groups (broad SMARTS) is 1. The molecule has 3 aromatic carbocycles. The Morgan fingerprint density at radius 3 is 2.50 bits per heavy atom. The molecule has 0 atom stereocenters. The molecule has 1 amide bonds. The lowest BCUT2D eigenvalue weighted by molar-refractivity contribution is 0.141. The lowest BCUT2D eigenvalue weighted by Gasteiger charge is -2.11. The number of nitrogens with zero attached hydrogens (tertiary/aromatic N) is 3. The molecule has 0 saturated carbocycles. The van der Waals surface area contributed by atoms with Gasteiger partial charge in [0.25, 0.3) is 0 Å². The third-order valence-corrected chi connectivity index (χ3v) is 6.23. The second kappa shape index (κ2) is 9.55. The molecule has 5 aromatic rings. The number of carbonyl (C=O) groups is 2. The highest BCUT2D eigenvalue weighted by Crippen LogP contribution is 2.42. The number of hydrogen-bond donors (Lipinski definition) is 2. The van der Waals surface area contributed by atoms with Crippen molar-refractivity contribution < 1.29 is 28.9 Å². The van der Waals surface area contributed by atoms with E-state index in [4.69, 9.17) is 14.2 Å². The fourth-order valence-electron chi connectivity index (χ4n) is 4.07. The first-order valence-corrected chi connectivity index (χ1v) is 11.5. The van der Waals surface area contributed by atoms with Crippen molar-refractivity contribution in [3.05, 3.63) is 66.2 Å². The minimum absolute atomic E-state index is 0.148. The minimum atomic E-state index is -1.44. The second-order valence-electron chi connectivity index (χ2n) is 7.80. The van der Waals surface area contributed by atoms with Gasteiger partial charge in [0.1, 0.15) is 16.8 Å². The van der Waals surface area contributed by atoms with Crippen molar-refractivity contribution in [3.63, 3.8) is 0 Å². The Morgan fingerprint density at radius 1 is 1.00 bits per heavy atom. The first kappa shape index (κ1) is 23.1. The smallest absolute Gasteiger partial charge is 0.497 e. The zero-order valence-corrected chi connectivity index (χ0v) is 20.0. The molecular weight excluding hydrogens is 484 g/mol. The average Bonchev–Trinajstić information content (AvgIpc) is 3.46. The molecule has 0 bridgehead atoms. The van der Waals surface area contributed by atoms with Crippen molar-refractivity contribution in [2.45, 2.75) is 6.54 Å². The molecule has 11 heteroatoms. The minimum Gasteiger partial charge on any atom is -0.497 e. The summed E-state index contributed by atoms with van der Waals surface area (Å²) in [5, 5.41) is 12.9. The van der Waals surface area contributed by atoms with Crippen LogP contribution in [-0.4, -0.2) is 44.9 Å². The zero-order chi connectivity index (χ0) is 25.2. The summed E-state index contributed by atoms with van der Waals surface area (Å²) in [6.45, 7) is 0.312. The lowest BCUT2D eigenvalue weighted by Crippen LogP contribution is -2.11. The van der Waals surface area contributed by atoms with Gasteiger partial charge >= 0.3 is 12.2 Å². The van der Waals surface area contributed by atoms with Crippen LogP contribution >= 0.6 is 11.7 Å². The molecule has 10 nitrogen and oxygen atoms in total. The van der Waals surface area contributed by atoms with Gasteiger partial charge in [-0.25, -0.2) is 9.59 Å². The van der Waals surface area contributed by atoms with Crippen LogP contribution in [0.5, 0.6) is 11.6 Å². The van der Waals surface area contributed by atoms with Gasteiger partial charge in [-0.15, -0.1) is 0 Å². The Kier molecular flexibility index (Phi) is 6.13. The van der Waals surface area contributed by atoms with Crippen LogP contribution in [0.25, 0.3) is 33.1 Å². The summed E-state index contributed by atoms with van der Waals surface area (Å²) in [5.74, 6) is 0.802. The molecule has 5 rings (SSSR count). The van der Waals surface area contributed by atoms with Crippen molar-refractivity contribution >= 4 is 51.6 Å². The largest absolute Gasteiger partial charge is 0.512 e. The normalized spacial score (nSPS) is 10.9. The summed E-state index contributed by atoms with van der Waals surface area (Å²) >= 11 is 1.13. The summed E-state index contributed by atoms with van der Waals surface area (Å²) in [4.78, 5) is 23.6. The van der Waals surface area contributed by atoms with E-state index in [9.17, 15) is 14.7 Å². The van der Waals surface area contributed by atoms with E-state index in [1.54, 1.807) is 42.0 Å². The Bertz CT molecular complexity index is 1590. The van der Waals surface area contributed by atoms with Crippen LogP contribution < -0.4 is 14.8 Å². The van der Waals surface area contributed by atoms with Crippen molar-refractivity contribution in [2.75, 3.05) is 19.5 Å². The number of ether oxygens (including phenoxy) is 3. The number of carbonyl (C=O) groups excluding carboxylic acids is 1.